The van der Waals surface area contributed by atoms with Crippen molar-refractivity contribution in [3.63, 3.8) is 0 Å². The minimum absolute atomic E-state index is 0.709. The minimum Gasteiger partial charge on any atom is -0.494 e. The third-order valence-corrected chi connectivity index (χ3v) is 3.41. The van der Waals surface area contributed by atoms with E-state index in [2.05, 4.69) is 41.9 Å². The van der Waals surface area contributed by atoms with Gasteiger partial charge in [-0.1, -0.05) is 0 Å². The fraction of sp³-hybridized carbons (Fsp3) is 0.467. The molecule has 1 aromatic heterocycles. The Hall–Kier alpha value is -1.48. The van der Waals surface area contributed by atoms with Crippen LogP contribution in [0.1, 0.15) is 25.1 Å². The molecule has 98 valence electrons. The van der Waals surface area contributed by atoms with Crippen molar-refractivity contribution in [2.75, 3.05) is 13.7 Å². The van der Waals surface area contributed by atoms with E-state index in [0.717, 1.165) is 18.8 Å². The molecule has 3 nitrogen and oxygen atoms in total. The summed E-state index contributed by atoms with van der Waals surface area (Å²) in [5.41, 5.74) is 4.01. The number of aryl methyl sites for hydroxylation is 1. The molecule has 0 aliphatic carbocycles. The number of nitrogens with one attached hydrogen (secondary N) is 1. The van der Waals surface area contributed by atoms with Crippen LogP contribution in [0.5, 0.6) is 5.75 Å². The molecule has 0 amide bonds. The lowest BCUT2D eigenvalue weighted by atomic mass is 10.1. The zero-order valence-electron chi connectivity index (χ0n) is 11.7. The summed E-state index contributed by atoms with van der Waals surface area (Å²) in [6, 6.07) is 6.38. The van der Waals surface area contributed by atoms with Crippen LogP contribution >= 0.6 is 0 Å². The highest BCUT2D eigenvalue weighted by Gasteiger charge is 2.13. The Kier molecular flexibility index (Phi) is 3.92. The van der Waals surface area contributed by atoms with Crippen LogP contribution in [0.4, 0.5) is 0 Å². The van der Waals surface area contributed by atoms with E-state index in [1.807, 2.05) is 14.0 Å². The first kappa shape index (κ1) is 13.0. The molecule has 0 fully saturated rings. The molecule has 0 bridgehead atoms. The fourth-order valence-electron chi connectivity index (χ4n) is 2.59. The lowest BCUT2D eigenvalue weighted by Gasteiger charge is -2.05. The average molecular weight is 246 g/mol. The predicted molar refractivity (Wildman–Crippen MR) is 76.3 cm³/mol. The van der Waals surface area contributed by atoms with E-state index in [-0.39, 0.29) is 0 Å². The third kappa shape index (κ3) is 2.10. The monoisotopic (exact) mass is 246 g/mol. The molecule has 2 rings (SSSR count). The first-order chi connectivity index (χ1) is 8.72. The van der Waals surface area contributed by atoms with E-state index >= 15 is 0 Å². The zero-order valence-corrected chi connectivity index (χ0v) is 11.7. The van der Waals surface area contributed by atoms with Gasteiger partial charge in [-0.25, -0.2) is 0 Å². The number of ether oxygens (including phenoxy) is 1. The van der Waals surface area contributed by atoms with E-state index in [1.165, 1.54) is 22.2 Å². The summed E-state index contributed by atoms with van der Waals surface area (Å²) in [6.07, 6.45) is 0. The third-order valence-electron chi connectivity index (χ3n) is 3.41. The van der Waals surface area contributed by atoms with Crippen molar-refractivity contribution < 1.29 is 4.74 Å². The summed E-state index contributed by atoms with van der Waals surface area (Å²) in [5.74, 6) is 0.954. The maximum Gasteiger partial charge on any atom is 0.120 e. The first-order valence-corrected chi connectivity index (χ1v) is 6.62. The van der Waals surface area contributed by atoms with Gasteiger partial charge in [0.15, 0.2) is 0 Å². The Morgan fingerprint density at radius 3 is 2.67 bits per heavy atom. The number of benzene rings is 1. The van der Waals surface area contributed by atoms with Crippen molar-refractivity contribution in [3.8, 4) is 5.75 Å². The summed E-state index contributed by atoms with van der Waals surface area (Å²) in [5, 5.41) is 4.55. The molecule has 2 aromatic rings. The van der Waals surface area contributed by atoms with Crippen LogP contribution in [0, 0.1) is 6.92 Å². The van der Waals surface area contributed by atoms with Gasteiger partial charge in [-0.2, -0.15) is 0 Å². The Morgan fingerprint density at radius 2 is 2.06 bits per heavy atom. The van der Waals surface area contributed by atoms with Crippen LogP contribution < -0.4 is 10.1 Å². The van der Waals surface area contributed by atoms with Crippen LogP contribution in [-0.4, -0.2) is 18.2 Å². The van der Waals surface area contributed by atoms with Gasteiger partial charge in [-0.3, -0.25) is 0 Å². The van der Waals surface area contributed by atoms with E-state index in [1.54, 1.807) is 0 Å². The van der Waals surface area contributed by atoms with Crippen molar-refractivity contribution in [1.29, 1.82) is 0 Å². The molecule has 1 N–H and O–H groups in total. The molecule has 0 aliphatic rings. The molecular formula is C15H22N2O. The van der Waals surface area contributed by atoms with Crippen LogP contribution in [0.25, 0.3) is 10.9 Å². The largest absolute Gasteiger partial charge is 0.494 e. The number of hydrogen-bond donors (Lipinski definition) is 1. The van der Waals surface area contributed by atoms with Gasteiger partial charge in [0.1, 0.15) is 5.75 Å². The summed E-state index contributed by atoms with van der Waals surface area (Å²) in [7, 11) is 1.99. The summed E-state index contributed by atoms with van der Waals surface area (Å²) >= 11 is 0. The topological polar surface area (TPSA) is 26.2 Å². The maximum atomic E-state index is 5.60. The van der Waals surface area contributed by atoms with Gasteiger partial charge in [-0.05, 0) is 51.6 Å². The lowest BCUT2D eigenvalue weighted by Crippen LogP contribution is -2.06. The molecule has 0 spiro atoms. The Balaban J connectivity index is 2.63. The van der Waals surface area contributed by atoms with Gasteiger partial charge in [0.05, 0.1) is 6.61 Å². The molecule has 1 aromatic carbocycles. The number of nitrogens with zero attached hydrogens (tertiary/aromatic N) is 1. The number of fused-ring (bicyclic) bond motifs is 1. The van der Waals surface area contributed by atoms with E-state index in [0.29, 0.717) is 6.61 Å². The maximum absolute atomic E-state index is 5.60. The van der Waals surface area contributed by atoms with E-state index in [9.17, 15) is 0 Å². The van der Waals surface area contributed by atoms with Gasteiger partial charge in [0, 0.05) is 29.7 Å². The second kappa shape index (κ2) is 5.44. The van der Waals surface area contributed by atoms with Gasteiger partial charge in [0.2, 0.25) is 0 Å². The van der Waals surface area contributed by atoms with Gasteiger partial charge < -0.3 is 14.6 Å². The van der Waals surface area contributed by atoms with E-state index < -0.39 is 0 Å². The molecule has 0 aliphatic heterocycles. The standard InChI is InChI=1S/C15H22N2O/c1-5-17-11(3)14(10-16-4)13-9-12(18-6-2)7-8-15(13)17/h7-9,16H,5-6,10H2,1-4H3. The average Bonchev–Trinajstić information content (AvgIpc) is 2.63. The Bertz CT molecular complexity index is 543. The van der Waals surface area contributed by atoms with Crippen molar-refractivity contribution >= 4 is 10.9 Å². The molecule has 0 saturated heterocycles. The first-order valence-electron chi connectivity index (χ1n) is 6.62. The molecule has 0 saturated carbocycles. The van der Waals surface area contributed by atoms with Gasteiger partial charge in [-0.15, -0.1) is 0 Å². The fourth-order valence-corrected chi connectivity index (χ4v) is 2.59. The van der Waals surface area contributed by atoms with E-state index in [4.69, 9.17) is 4.74 Å². The van der Waals surface area contributed by atoms with Crippen molar-refractivity contribution in [3.05, 3.63) is 29.5 Å². The molecule has 0 atom stereocenters. The number of hydrogen-bond acceptors (Lipinski definition) is 2. The molecule has 1 heterocycles. The smallest absolute Gasteiger partial charge is 0.120 e. The van der Waals surface area contributed by atoms with Crippen LogP contribution in [0.2, 0.25) is 0 Å². The van der Waals surface area contributed by atoms with Gasteiger partial charge in [0.25, 0.3) is 0 Å². The Labute approximate surface area is 109 Å². The van der Waals surface area contributed by atoms with Crippen molar-refractivity contribution in [2.24, 2.45) is 0 Å². The Morgan fingerprint density at radius 1 is 1.28 bits per heavy atom. The zero-order chi connectivity index (χ0) is 13.1. The number of aromatic nitrogens is 1. The minimum atomic E-state index is 0.709. The van der Waals surface area contributed by atoms with Crippen LogP contribution in [-0.2, 0) is 13.1 Å². The molecule has 0 unspecified atom stereocenters. The summed E-state index contributed by atoms with van der Waals surface area (Å²) < 4.78 is 7.96. The highest BCUT2D eigenvalue weighted by molar-refractivity contribution is 5.87. The second-order valence-electron chi connectivity index (χ2n) is 4.45. The summed E-state index contributed by atoms with van der Waals surface area (Å²) in [4.78, 5) is 0. The molecule has 0 radical (unpaired) electrons. The highest BCUT2D eigenvalue weighted by Crippen LogP contribution is 2.29. The quantitative estimate of drug-likeness (QED) is 0.877. The molecule has 18 heavy (non-hydrogen) atoms. The van der Waals surface area contributed by atoms with Crippen LogP contribution in [0.15, 0.2) is 18.2 Å². The number of rotatable bonds is 5. The van der Waals surface area contributed by atoms with Gasteiger partial charge >= 0.3 is 0 Å². The normalized spacial score (nSPS) is 11.1. The lowest BCUT2D eigenvalue weighted by molar-refractivity contribution is 0.340. The second-order valence-corrected chi connectivity index (χ2v) is 4.45. The molecule has 3 heteroatoms. The van der Waals surface area contributed by atoms with Crippen LogP contribution in [0.3, 0.4) is 0 Å². The van der Waals surface area contributed by atoms with Crippen molar-refractivity contribution in [1.82, 2.24) is 9.88 Å². The summed E-state index contributed by atoms with van der Waals surface area (Å²) in [6.45, 7) is 9.00. The predicted octanol–water partition coefficient (Wildman–Crippen LogP) is 3.09. The highest BCUT2D eigenvalue weighted by atomic mass is 16.5. The molecular weight excluding hydrogens is 224 g/mol. The van der Waals surface area contributed by atoms with Crippen molar-refractivity contribution in [2.45, 2.75) is 33.9 Å². The SMILES string of the molecule is CCOc1ccc2c(c1)c(CNC)c(C)n2CC.